The summed E-state index contributed by atoms with van der Waals surface area (Å²) in [5.74, 6) is -0.433. The van der Waals surface area contributed by atoms with Crippen molar-refractivity contribution in [2.45, 2.75) is 6.04 Å². The molecule has 1 aromatic heterocycles. The van der Waals surface area contributed by atoms with Crippen LogP contribution in [-0.4, -0.2) is 35.1 Å². The summed E-state index contributed by atoms with van der Waals surface area (Å²) in [6, 6.07) is 9.49. The van der Waals surface area contributed by atoms with Crippen molar-refractivity contribution in [2.24, 2.45) is 7.05 Å². The standard InChI is InChI=1S/C16H17FN2O2/c1-18-8-2-3-14(18)15-11-21-10-9-19(15)16(20)12-4-6-13(17)7-5-12/h2-8,15H,9-11H2,1H3. The van der Waals surface area contributed by atoms with Crippen LogP contribution < -0.4 is 0 Å². The maximum atomic E-state index is 13.0. The van der Waals surface area contributed by atoms with Gasteiger partial charge in [0.15, 0.2) is 0 Å². The van der Waals surface area contributed by atoms with E-state index in [2.05, 4.69) is 0 Å². The molecule has 0 N–H and O–H groups in total. The summed E-state index contributed by atoms with van der Waals surface area (Å²) in [5, 5.41) is 0. The summed E-state index contributed by atoms with van der Waals surface area (Å²) in [6.07, 6.45) is 1.95. The van der Waals surface area contributed by atoms with Crippen LogP contribution in [0.3, 0.4) is 0 Å². The van der Waals surface area contributed by atoms with Gasteiger partial charge in [-0.25, -0.2) is 4.39 Å². The minimum absolute atomic E-state index is 0.0931. The predicted octanol–water partition coefficient (Wildman–Crippen LogP) is 2.38. The average molecular weight is 288 g/mol. The predicted molar refractivity (Wildman–Crippen MR) is 76.4 cm³/mol. The van der Waals surface area contributed by atoms with E-state index in [4.69, 9.17) is 4.74 Å². The molecule has 2 heterocycles. The molecule has 4 nitrogen and oxygen atoms in total. The van der Waals surface area contributed by atoms with E-state index >= 15 is 0 Å². The fourth-order valence-corrected chi connectivity index (χ4v) is 2.67. The molecule has 1 aromatic carbocycles. The van der Waals surface area contributed by atoms with Gasteiger partial charge < -0.3 is 14.2 Å². The fraction of sp³-hybridized carbons (Fsp3) is 0.312. The minimum Gasteiger partial charge on any atom is -0.377 e. The number of hydrogen-bond donors (Lipinski definition) is 0. The molecular formula is C16H17FN2O2. The van der Waals surface area contributed by atoms with Crippen LogP contribution in [0.1, 0.15) is 22.1 Å². The molecule has 5 heteroatoms. The lowest BCUT2D eigenvalue weighted by Gasteiger charge is -2.36. The molecular weight excluding hydrogens is 271 g/mol. The molecule has 1 aliphatic heterocycles. The first kappa shape index (κ1) is 13.8. The molecule has 0 spiro atoms. The Morgan fingerprint density at radius 3 is 2.71 bits per heavy atom. The van der Waals surface area contributed by atoms with Crippen LogP contribution in [0.25, 0.3) is 0 Å². The molecule has 1 fully saturated rings. The van der Waals surface area contributed by atoms with Gasteiger partial charge in [0.25, 0.3) is 5.91 Å². The third-order valence-corrected chi connectivity index (χ3v) is 3.81. The largest absolute Gasteiger partial charge is 0.377 e. The van der Waals surface area contributed by atoms with Crippen molar-refractivity contribution in [3.63, 3.8) is 0 Å². The van der Waals surface area contributed by atoms with Gasteiger partial charge >= 0.3 is 0 Å². The monoisotopic (exact) mass is 288 g/mol. The normalized spacial score (nSPS) is 18.8. The quantitative estimate of drug-likeness (QED) is 0.850. The molecule has 1 unspecified atom stereocenters. The van der Waals surface area contributed by atoms with Gasteiger partial charge in [0.1, 0.15) is 5.82 Å². The molecule has 1 saturated heterocycles. The van der Waals surface area contributed by atoms with E-state index in [0.29, 0.717) is 25.3 Å². The SMILES string of the molecule is Cn1cccc1C1COCCN1C(=O)c1ccc(F)cc1. The Hall–Kier alpha value is -2.14. The summed E-state index contributed by atoms with van der Waals surface area (Å²) >= 11 is 0. The second kappa shape index (κ2) is 5.69. The lowest BCUT2D eigenvalue weighted by molar-refractivity contribution is -0.00463. The topological polar surface area (TPSA) is 34.5 Å². The lowest BCUT2D eigenvalue weighted by Crippen LogP contribution is -2.44. The van der Waals surface area contributed by atoms with E-state index in [9.17, 15) is 9.18 Å². The summed E-state index contributed by atoms with van der Waals surface area (Å²) in [4.78, 5) is 14.5. The Labute approximate surface area is 122 Å². The third kappa shape index (κ3) is 2.69. The van der Waals surface area contributed by atoms with Crippen molar-refractivity contribution in [1.29, 1.82) is 0 Å². The van der Waals surface area contributed by atoms with E-state index < -0.39 is 0 Å². The number of ether oxygens (including phenoxy) is 1. The van der Waals surface area contributed by atoms with Crippen LogP contribution in [0.15, 0.2) is 42.6 Å². The number of aromatic nitrogens is 1. The average Bonchev–Trinajstić information content (AvgIpc) is 2.93. The van der Waals surface area contributed by atoms with E-state index in [1.165, 1.54) is 24.3 Å². The number of nitrogens with zero attached hydrogens (tertiary/aromatic N) is 2. The first-order valence-corrected chi connectivity index (χ1v) is 6.92. The van der Waals surface area contributed by atoms with E-state index in [0.717, 1.165) is 5.69 Å². The van der Waals surface area contributed by atoms with Gasteiger partial charge in [-0.1, -0.05) is 0 Å². The molecule has 0 aliphatic carbocycles. The molecule has 1 aliphatic rings. The third-order valence-electron chi connectivity index (χ3n) is 3.81. The highest BCUT2D eigenvalue weighted by Gasteiger charge is 2.30. The second-order valence-electron chi connectivity index (χ2n) is 5.14. The van der Waals surface area contributed by atoms with Gasteiger partial charge in [0.05, 0.1) is 19.3 Å². The van der Waals surface area contributed by atoms with E-state index in [1.807, 2.05) is 29.9 Å². The van der Waals surface area contributed by atoms with E-state index in [1.54, 1.807) is 4.90 Å². The Kier molecular flexibility index (Phi) is 3.75. The summed E-state index contributed by atoms with van der Waals surface area (Å²) < 4.78 is 20.5. The van der Waals surface area contributed by atoms with E-state index in [-0.39, 0.29) is 17.8 Å². The van der Waals surface area contributed by atoms with Crippen LogP contribution in [0.4, 0.5) is 4.39 Å². The lowest BCUT2D eigenvalue weighted by atomic mass is 10.1. The minimum atomic E-state index is -0.340. The zero-order chi connectivity index (χ0) is 14.8. The number of carbonyl (C=O) groups excluding carboxylic acids is 1. The van der Waals surface area contributed by atoms with Crippen molar-refractivity contribution in [2.75, 3.05) is 19.8 Å². The first-order chi connectivity index (χ1) is 10.2. The van der Waals surface area contributed by atoms with Crippen LogP contribution in [0, 0.1) is 5.82 Å². The van der Waals surface area contributed by atoms with Gasteiger partial charge in [-0.2, -0.15) is 0 Å². The van der Waals surface area contributed by atoms with Gasteiger partial charge in [-0.3, -0.25) is 4.79 Å². The molecule has 0 radical (unpaired) electrons. The Morgan fingerprint density at radius 2 is 2.05 bits per heavy atom. The number of rotatable bonds is 2. The molecule has 2 aromatic rings. The molecule has 0 bridgehead atoms. The van der Waals surface area contributed by atoms with Crippen molar-refractivity contribution >= 4 is 5.91 Å². The fourth-order valence-electron chi connectivity index (χ4n) is 2.67. The highest BCUT2D eigenvalue weighted by molar-refractivity contribution is 5.94. The number of hydrogen-bond acceptors (Lipinski definition) is 2. The maximum Gasteiger partial charge on any atom is 0.254 e. The number of morpholine rings is 1. The first-order valence-electron chi connectivity index (χ1n) is 6.92. The number of benzene rings is 1. The van der Waals surface area contributed by atoms with Gasteiger partial charge in [-0.05, 0) is 36.4 Å². The van der Waals surface area contributed by atoms with Crippen LogP contribution in [-0.2, 0) is 11.8 Å². The Morgan fingerprint density at radius 1 is 1.29 bits per heavy atom. The smallest absolute Gasteiger partial charge is 0.254 e. The summed E-state index contributed by atoms with van der Waals surface area (Å²) in [6.45, 7) is 1.53. The highest BCUT2D eigenvalue weighted by Crippen LogP contribution is 2.26. The molecule has 1 atom stereocenters. The van der Waals surface area contributed by atoms with Crippen molar-refractivity contribution in [3.8, 4) is 0 Å². The molecule has 1 amide bonds. The van der Waals surface area contributed by atoms with Crippen molar-refractivity contribution in [1.82, 2.24) is 9.47 Å². The van der Waals surface area contributed by atoms with Crippen molar-refractivity contribution in [3.05, 3.63) is 59.7 Å². The highest BCUT2D eigenvalue weighted by atomic mass is 19.1. The van der Waals surface area contributed by atoms with Gasteiger partial charge in [-0.15, -0.1) is 0 Å². The number of amides is 1. The number of aryl methyl sites for hydroxylation is 1. The number of carbonyl (C=O) groups is 1. The number of halogens is 1. The second-order valence-corrected chi connectivity index (χ2v) is 5.14. The Balaban J connectivity index is 1.89. The zero-order valence-electron chi connectivity index (χ0n) is 11.8. The summed E-state index contributed by atoms with van der Waals surface area (Å²) in [7, 11) is 1.95. The molecule has 21 heavy (non-hydrogen) atoms. The maximum absolute atomic E-state index is 13.0. The van der Waals surface area contributed by atoms with Crippen molar-refractivity contribution < 1.29 is 13.9 Å². The summed E-state index contributed by atoms with van der Waals surface area (Å²) in [5.41, 5.74) is 1.53. The van der Waals surface area contributed by atoms with Crippen LogP contribution >= 0.6 is 0 Å². The van der Waals surface area contributed by atoms with Gasteiger partial charge in [0, 0.05) is 31.0 Å². The molecule has 110 valence electrons. The van der Waals surface area contributed by atoms with Gasteiger partial charge in [0.2, 0.25) is 0 Å². The van der Waals surface area contributed by atoms with Crippen LogP contribution in [0.5, 0.6) is 0 Å². The molecule has 0 saturated carbocycles. The zero-order valence-corrected chi connectivity index (χ0v) is 11.8. The van der Waals surface area contributed by atoms with Crippen LogP contribution in [0.2, 0.25) is 0 Å². The molecule has 3 rings (SSSR count). The Bertz CT molecular complexity index is 636.